The Labute approximate surface area is 120 Å². The zero-order valence-electron chi connectivity index (χ0n) is 10.9. The molecule has 0 fully saturated rings. The van der Waals surface area contributed by atoms with Crippen molar-refractivity contribution in [2.24, 2.45) is 11.7 Å². The number of hydrogen-bond donors (Lipinski definition) is 2. The summed E-state index contributed by atoms with van der Waals surface area (Å²) >= 11 is 0. The molecule has 0 aromatic heterocycles. The molecule has 8 heteroatoms. The molecule has 1 aromatic rings. The molecule has 0 bridgehead atoms. The maximum absolute atomic E-state index is 12.6. The number of alkyl halides is 2. The quantitative estimate of drug-likeness (QED) is 0.824. The Bertz CT molecular complexity index is 674. The molecule has 2 rings (SSSR count). The minimum Gasteiger partial charge on any atom is -0.324 e. The molecular weight excluding hydrogens is 302 g/mol. The van der Waals surface area contributed by atoms with Crippen LogP contribution in [0.25, 0.3) is 0 Å². The standard InChI is InChI=1S/C13H14F2N2O3S/c14-13(15)21(19,20)11-4-2-1-3-10(11)17-12(18)8-5-6-9(16)7-8/h1-6,8-9,13H,7,16H2,(H,17,18). The molecule has 3 N–H and O–H groups in total. The third kappa shape index (κ3) is 3.27. The molecule has 1 aliphatic carbocycles. The number of para-hydroxylation sites is 1. The number of halogens is 2. The summed E-state index contributed by atoms with van der Waals surface area (Å²) < 4.78 is 48.4. The van der Waals surface area contributed by atoms with Crippen molar-refractivity contribution in [1.82, 2.24) is 0 Å². The molecule has 2 atom stereocenters. The monoisotopic (exact) mass is 316 g/mol. The number of rotatable bonds is 4. The second-order valence-electron chi connectivity index (χ2n) is 4.68. The van der Waals surface area contributed by atoms with Gasteiger partial charge in [0.15, 0.2) is 0 Å². The predicted octanol–water partition coefficient (Wildman–Crippen LogP) is 1.52. The lowest BCUT2D eigenvalue weighted by Gasteiger charge is -2.14. The number of carbonyl (C=O) groups is 1. The van der Waals surface area contributed by atoms with Crippen LogP contribution in [-0.4, -0.2) is 26.1 Å². The second-order valence-corrected chi connectivity index (χ2v) is 6.57. The van der Waals surface area contributed by atoms with Gasteiger partial charge in [-0.3, -0.25) is 4.79 Å². The van der Waals surface area contributed by atoms with Crippen LogP contribution in [0.3, 0.4) is 0 Å². The number of amides is 1. The summed E-state index contributed by atoms with van der Waals surface area (Å²) in [6, 6.07) is 4.84. The average molecular weight is 316 g/mol. The molecule has 5 nitrogen and oxygen atoms in total. The zero-order valence-corrected chi connectivity index (χ0v) is 11.7. The number of carbonyl (C=O) groups excluding carboxylic acids is 1. The number of sulfone groups is 1. The van der Waals surface area contributed by atoms with E-state index in [-0.39, 0.29) is 11.7 Å². The molecule has 0 aliphatic heterocycles. The van der Waals surface area contributed by atoms with Gasteiger partial charge in [-0.25, -0.2) is 8.42 Å². The van der Waals surface area contributed by atoms with E-state index >= 15 is 0 Å². The van der Waals surface area contributed by atoms with E-state index in [1.54, 1.807) is 12.2 Å². The topological polar surface area (TPSA) is 89.3 Å². The van der Waals surface area contributed by atoms with E-state index in [4.69, 9.17) is 5.73 Å². The van der Waals surface area contributed by atoms with Crippen LogP contribution >= 0.6 is 0 Å². The van der Waals surface area contributed by atoms with Crippen LogP contribution < -0.4 is 11.1 Å². The fourth-order valence-electron chi connectivity index (χ4n) is 2.06. The lowest BCUT2D eigenvalue weighted by molar-refractivity contribution is -0.118. The molecule has 0 heterocycles. The van der Waals surface area contributed by atoms with Gasteiger partial charge in [0, 0.05) is 6.04 Å². The van der Waals surface area contributed by atoms with Gasteiger partial charge in [0.05, 0.1) is 16.5 Å². The van der Waals surface area contributed by atoms with Crippen LogP contribution in [0.15, 0.2) is 41.3 Å². The van der Waals surface area contributed by atoms with Gasteiger partial charge in [0.1, 0.15) is 0 Å². The SMILES string of the molecule is NC1C=CC(C(=O)Nc2ccccc2S(=O)(=O)C(F)F)C1. The highest BCUT2D eigenvalue weighted by atomic mass is 32.2. The minimum absolute atomic E-state index is 0.156. The molecule has 0 saturated carbocycles. The Morgan fingerprint density at radius 3 is 2.52 bits per heavy atom. The molecule has 0 radical (unpaired) electrons. The normalized spacial score (nSPS) is 21.7. The molecule has 2 unspecified atom stereocenters. The van der Waals surface area contributed by atoms with Gasteiger partial charge in [-0.1, -0.05) is 24.3 Å². The van der Waals surface area contributed by atoms with Crippen LogP contribution in [0.1, 0.15) is 6.42 Å². The van der Waals surface area contributed by atoms with E-state index in [0.29, 0.717) is 6.42 Å². The van der Waals surface area contributed by atoms with Crippen molar-refractivity contribution in [2.45, 2.75) is 23.1 Å². The summed E-state index contributed by atoms with van der Waals surface area (Å²) in [6.45, 7) is 0. The Balaban J connectivity index is 2.26. The van der Waals surface area contributed by atoms with Gasteiger partial charge < -0.3 is 11.1 Å². The average Bonchev–Trinajstić information content (AvgIpc) is 2.86. The van der Waals surface area contributed by atoms with Crippen molar-refractivity contribution in [3.05, 3.63) is 36.4 Å². The Hall–Kier alpha value is -1.80. The largest absolute Gasteiger partial charge is 0.341 e. The van der Waals surface area contributed by atoms with Gasteiger partial charge in [0.2, 0.25) is 15.7 Å². The number of hydrogen-bond acceptors (Lipinski definition) is 4. The van der Waals surface area contributed by atoms with Gasteiger partial charge in [-0.05, 0) is 18.6 Å². The van der Waals surface area contributed by atoms with Crippen LogP contribution in [0.2, 0.25) is 0 Å². The summed E-state index contributed by atoms with van der Waals surface area (Å²) in [5.41, 5.74) is 5.48. The fraction of sp³-hybridized carbons (Fsp3) is 0.308. The van der Waals surface area contributed by atoms with Crippen molar-refractivity contribution >= 4 is 21.4 Å². The first-order valence-electron chi connectivity index (χ1n) is 6.18. The van der Waals surface area contributed by atoms with Crippen molar-refractivity contribution in [3.8, 4) is 0 Å². The maximum atomic E-state index is 12.6. The first-order valence-corrected chi connectivity index (χ1v) is 7.73. The predicted molar refractivity (Wildman–Crippen MR) is 73.5 cm³/mol. The Morgan fingerprint density at radius 2 is 1.95 bits per heavy atom. The number of nitrogens with one attached hydrogen (secondary N) is 1. The molecule has 114 valence electrons. The summed E-state index contributed by atoms with van der Waals surface area (Å²) in [5, 5.41) is 2.38. The van der Waals surface area contributed by atoms with Gasteiger partial charge >= 0.3 is 5.76 Å². The fourth-order valence-corrected chi connectivity index (χ4v) is 2.95. The molecule has 21 heavy (non-hydrogen) atoms. The first kappa shape index (κ1) is 15.6. The third-order valence-electron chi connectivity index (χ3n) is 3.14. The van der Waals surface area contributed by atoms with Gasteiger partial charge in [-0.15, -0.1) is 0 Å². The van der Waals surface area contributed by atoms with Crippen molar-refractivity contribution in [1.29, 1.82) is 0 Å². The number of anilines is 1. The van der Waals surface area contributed by atoms with Crippen LogP contribution in [0, 0.1) is 5.92 Å². The summed E-state index contributed by atoms with van der Waals surface area (Å²) in [5.74, 6) is -4.52. The number of benzene rings is 1. The summed E-state index contributed by atoms with van der Waals surface area (Å²) in [4.78, 5) is 11.4. The van der Waals surface area contributed by atoms with E-state index in [1.165, 1.54) is 18.2 Å². The Morgan fingerprint density at radius 1 is 1.29 bits per heavy atom. The van der Waals surface area contributed by atoms with Crippen molar-refractivity contribution in [3.63, 3.8) is 0 Å². The van der Waals surface area contributed by atoms with E-state index in [0.717, 1.165) is 6.07 Å². The summed E-state index contributed by atoms with van der Waals surface area (Å²) in [6.07, 6.45) is 3.69. The summed E-state index contributed by atoms with van der Waals surface area (Å²) in [7, 11) is -4.78. The highest BCUT2D eigenvalue weighted by Gasteiger charge is 2.30. The van der Waals surface area contributed by atoms with Gasteiger partial charge in [-0.2, -0.15) is 8.78 Å². The van der Waals surface area contributed by atoms with E-state index in [1.807, 2.05) is 0 Å². The number of nitrogens with two attached hydrogens (primary N) is 1. The first-order chi connectivity index (χ1) is 9.82. The van der Waals surface area contributed by atoms with Crippen LogP contribution in [0.5, 0.6) is 0 Å². The lowest BCUT2D eigenvalue weighted by atomic mass is 10.1. The van der Waals surface area contributed by atoms with Crippen molar-refractivity contribution < 1.29 is 22.0 Å². The molecule has 0 saturated heterocycles. The van der Waals surface area contributed by atoms with E-state index in [9.17, 15) is 22.0 Å². The molecule has 1 amide bonds. The van der Waals surface area contributed by atoms with Crippen molar-refractivity contribution in [2.75, 3.05) is 5.32 Å². The maximum Gasteiger partial charge on any atom is 0.341 e. The molecule has 0 spiro atoms. The third-order valence-corrected chi connectivity index (χ3v) is 4.58. The van der Waals surface area contributed by atoms with Crippen LogP contribution in [-0.2, 0) is 14.6 Å². The smallest absolute Gasteiger partial charge is 0.324 e. The zero-order chi connectivity index (χ0) is 15.6. The molecule has 1 aliphatic rings. The Kier molecular flexibility index (Phi) is 4.38. The minimum atomic E-state index is -4.78. The highest BCUT2D eigenvalue weighted by Crippen LogP contribution is 2.27. The van der Waals surface area contributed by atoms with Crippen LogP contribution in [0.4, 0.5) is 14.5 Å². The second kappa shape index (κ2) is 5.90. The van der Waals surface area contributed by atoms with E-state index in [2.05, 4.69) is 5.32 Å². The molecule has 1 aromatic carbocycles. The molecular formula is C13H14F2N2O3S. The highest BCUT2D eigenvalue weighted by molar-refractivity contribution is 7.91. The van der Waals surface area contributed by atoms with Gasteiger partial charge in [0.25, 0.3) is 0 Å². The lowest BCUT2D eigenvalue weighted by Crippen LogP contribution is -2.25. The van der Waals surface area contributed by atoms with E-state index < -0.39 is 32.3 Å².